The fourth-order valence-corrected chi connectivity index (χ4v) is 18.6. The fraction of sp³-hybridized carbons (Fsp3) is 0.250. The van der Waals surface area contributed by atoms with E-state index >= 15 is 0 Å². The van der Waals surface area contributed by atoms with E-state index in [2.05, 4.69) is 103 Å². The van der Waals surface area contributed by atoms with Crippen molar-refractivity contribution in [1.82, 2.24) is 9.72 Å². The summed E-state index contributed by atoms with van der Waals surface area (Å²) in [5.41, 5.74) is 6.56. The van der Waals surface area contributed by atoms with Gasteiger partial charge in [-0.2, -0.15) is 0 Å². The van der Waals surface area contributed by atoms with Crippen LogP contribution in [0, 0.1) is 0 Å². The predicted molar refractivity (Wildman–Crippen MR) is 252 cm³/mol. The number of unbranched alkanes of at least 4 members (excludes halogenated alkanes) is 3. The number of benzene rings is 6. The Kier molecular flexibility index (Phi) is 15.6. The number of hydrogen-bond donors (Lipinski definition) is 2. The van der Waals surface area contributed by atoms with E-state index in [-0.39, 0.29) is 0 Å². The van der Waals surface area contributed by atoms with Crippen molar-refractivity contribution in [3.8, 4) is 50.6 Å². The van der Waals surface area contributed by atoms with Gasteiger partial charge in [-0.1, -0.05) is 0 Å². The summed E-state index contributed by atoms with van der Waals surface area (Å²) in [4.78, 5) is 7.44. The van der Waals surface area contributed by atoms with Crippen molar-refractivity contribution in [3.63, 3.8) is 0 Å². The summed E-state index contributed by atoms with van der Waals surface area (Å²) in [6, 6.07) is 55.0. The van der Waals surface area contributed by atoms with Crippen molar-refractivity contribution in [2.45, 2.75) is 59.3 Å². The molecule has 9 nitrogen and oxygen atoms in total. The monoisotopic (exact) mass is 865 g/mol. The molecule has 0 radical (unpaired) electrons. The van der Waals surface area contributed by atoms with Crippen LogP contribution in [0.1, 0.15) is 59.3 Å². The van der Waals surface area contributed by atoms with Crippen LogP contribution < -0.4 is 23.3 Å². The van der Waals surface area contributed by atoms with E-state index in [0.717, 1.165) is 71.9 Å². The third-order valence-electron chi connectivity index (χ3n) is 9.87. The molecule has 0 spiro atoms. The molecule has 6 aromatic rings. The van der Waals surface area contributed by atoms with Gasteiger partial charge in [-0.15, -0.1) is 0 Å². The summed E-state index contributed by atoms with van der Waals surface area (Å²) >= 11 is 0. The average Bonchev–Trinajstić information content (AvgIpc) is 3.28. The third-order valence-corrected chi connectivity index (χ3v) is 20.1. The quantitative estimate of drug-likeness (QED) is 0.0546. The van der Waals surface area contributed by atoms with Crippen LogP contribution >= 0.6 is 23.7 Å². The molecule has 0 amide bonds. The van der Waals surface area contributed by atoms with Gasteiger partial charge in [-0.05, 0) is 0 Å². The second-order valence-corrected chi connectivity index (χ2v) is 22.2. The molecule has 1 aliphatic heterocycles. The molecule has 1 atom stereocenters. The average molecular weight is 866 g/mol. The Bertz CT molecular complexity index is 2250. The van der Waals surface area contributed by atoms with Gasteiger partial charge in [0.15, 0.2) is 0 Å². The van der Waals surface area contributed by atoms with Crippen LogP contribution in [0.25, 0.3) is 33.4 Å². The molecule has 1 unspecified atom stereocenters. The zero-order valence-corrected chi connectivity index (χ0v) is 37.7. The van der Waals surface area contributed by atoms with Crippen molar-refractivity contribution in [1.29, 1.82) is 0 Å². The van der Waals surface area contributed by atoms with E-state index in [9.17, 15) is 0 Å². The molecule has 2 N–H and O–H groups in total. The summed E-state index contributed by atoms with van der Waals surface area (Å²) in [5, 5.41) is 0. The van der Waals surface area contributed by atoms with Gasteiger partial charge >= 0.3 is 359 Å². The Morgan fingerprint density at radius 3 is 1.32 bits per heavy atom. The van der Waals surface area contributed by atoms with Gasteiger partial charge in [0.2, 0.25) is 0 Å². The Morgan fingerprint density at radius 2 is 0.850 bits per heavy atom. The second kappa shape index (κ2) is 21.4. The number of hydrogen-bond acceptors (Lipinski definition) is 9. The van der Waals surface area contributed by atoms with Crippen molar-refractivity contribution in [3.05, 3.63) is 164 Å². The van der Waals surface area contributed by atoms with E-state index in [0.29, 0.717) is 37.1 Å². The second-order valence-electron chi connectivity index (χ2n) is 14.6. The maximum absolute atomic E-state index is 7.11. The van der Waals surface area contributed by atoms with Gasteiger partial charge in [-0.25, -0.2) is 0 Å². The molecule has 1 heterocycles. The first kappa shape index (κ1) is 43.7. The van der Waals surface area contributed by atoms with Gasteiger partial charge in [-0.3, -0.25) is 0 Å². The summed E-state index contributed by atoms with van der Waals surface area (Å²) in [6.07, 6.45) is 5.17. The summed E-state index contributed by atoms with van der Waals surface area (Å²) < 4.78 is 47.5. The van der Waals surface area contributed by atoms with Gasteiger partial charge in [0.05, 0.1) is 0 Å². The minimum absolute atomic E-state index is 0.388. The number of nitrogens with zero attached hydrogens (tertiary/aromatic N) is 1. The molecule has 1 aliphatic rings. The molecule has 316 valence electrons. The number of nitrogens with one attached hydrogen (secondary N) is 2. The van der Waals surface area contributed by atoms with Crippen molar-refractivity contribution in [2.24, 2.45) is 4.52 Å². The molecule has 0 saturated carbocycles. The van der Waals surface area contributed by atoms with Crippen LogP contribution in [0.3, 0.4) is 0 Å². The molecular weight excluding hydrogens is 807 g/mol. The van der Waals surface area contributed by atoms with E-state index in [4.69, 9.17) is 31.7 Å². The fourth-order valence-electron chi connectivity index (χ4n) is 6.61. The van der Waals surface area contributed by atoms with Crippen LogP contribution in [-0.2, 0) is 13.6 Å². The van der Waals surface area contributed by atoms with Crippen molar-refractivity contribution < 1.29 is 27.1 Å². The topological polar surface area (TPSA) is 91.8 Å². The normalized spacial score (nSPS) is 17.8. The molecular formula is C48H58N3O6P3. The molecule has 60 heavy (non-hydrogen) atoms. The molecule has 12 heteroatoms. The first-order valence-corrected chi connectivity index (χ1v) is 26.3. The SMILES string of the molecule is CCCCOP1(Oc2ccc(-c3ccccc3)cc2)=N[PH](OCCCC)(Oc2ccc(-c3ccccc3)cc2)N[PH](OCCCC)(Oc2ccc(-c3ccccc3)cc2)N1. The zero-order valence-electron chi connectivity index (χ0n) is 34.8. The molecule has 0 saturated heterocycles. The first-order chi connectivity index (χ1) is 29.4. The van der Waals surface area contributed by atoms with Gasteiger partial charge < -0.3 is 0 Å². The molecule has 7 rings (SSSR count). The van der Waals surface area contributed by atoms with Crippen LogP contribution in [-0.4, -0.2) is 19.8 Å². The zero-order chi connectivity index (χ0) is 41.5. The summed E-state index contributed by atoms with van der Waals surface area (Å²) in [6.45, 7) is 7.61. The van der Waals surface area contributed by atoms with E-state index in [1.165, 1.54) is 0 Å². The summed E-state index contributed by atoms with van der Waals surface area (Å²) in [7, 11) is -11.3. The maximum atomic E-state index is 7.11. The molecule has 0 fully saturated rings. The summed E-state index contributed by atoms with van der Waals surface area (Å²) in [5.74, 6) is 1.80. The van der Waals surface area contributed by atoms with Crippen LogP contribution in [0.4, 0.5) is 0 Å². The van der Waals surface area contributed by atoms with E-state index in [1.54, 1.807) is 0 Å². The van der Waals surface area contributed by atoms with Crippen LogP contribution in [0.2, 0.25) is 0 Å². The van der Waals surface area contributed by atoms with Gasteiger partial charge in [0.1, 0.15) is 0 Å². The minimum atomic E-state index is -3.96. The van der Waals surface area contributed by atoms with E-state index in [1.807, 2.05) is 91.0 Å². The first-order valence-electron chi connectivity index (χ1n) is 21.1. The Morgan fingerprint density at radius 1 is 0.450 bits per heavy atom. The van der Waals surface area contributed by atoms with Gasteiger partial charge in [0, 0.05) is 0 Å². The molecule has 0 bridgehead atoms. The molecule has 0 aromatic heterocycles. The van der Waals surface area contributed by atoms with Gasteiger partial charge in [0.25, 0.3) is 0 Å². The Hall–Kier alpha value is -4.39. The van der Waals surface area contributed by atoms with Crippen molar-refractivity contribution in [2.75, 3.05) is 19.8 Å². The molecule has 0 aliphatic carbocycles. The Labute approximate surface area is 357 Å². The Balaban J connectivity index is 1.34. The standard InChI is InChI=1S/C48H58N3O6P3/c1-4-7-37-52-58(55-46-31-25-43(26-32-46)40-19-13-10-14-20-40)49-59(53-38-8-5-2,56-47-33-27-44(28-34-47)41-21-15-11-16-22-41)51-60(50-58,54-39-9-6-3)57-48-35-29-45(30-36-48)42-23-17-12-18-24-42/h10-36,49-50,58-59H,4-9,37-39H2,1-3H3. The third kappa shape index (κ3) is 11.7. The van der Waals surface area contributed by atoms with Crippen LogP contribution in [0.15, 0.2) is 168 Å². The number of rotatable bonds is 21. The molecule has 6 aromatic carbocycles. The van der Waals surface area contributed by atoms with Crippen LogP contribution in [0.5, 0.6) is 17.2 Å². The predicted octanol–water partition coefficient (Wildman–Crippen LogP) is 14.6. The van der Waals surface area contributed by atoms with Crippen molar-refractivity contribution >= 4 is 23.7 Å². The van der Waals surface area contributed by atoms with E-state index < -0.39 is 23.7 Å².